The van der Waals surface area contributed by atoms with Crippen molar-refractivity contribution in [3.8, 4) is 0 Å². The molecule has 1 heterocycles. The lowest BCUT2D eigenvalue weighted by Crippen LogP contribution is -2.08. The Morgan fingerprint density at radius 1 is 1.32 bits per heavy atom. The Morgan fingerprint density at radius 3 is 3.00 bits per heavy atom. The van der Waals surface area contributed by atoms with Crippen molar-refractivity contribution in [1.29, 1.82) is 0 Å². The summed E-state index contributed by atoms with van der Waals surface area (Å²) in [6.45, 7) is 0. The van der Waals surface area contributed by atoms with Crippen LogP contribution in [0, 0.1) is 0 Å². The van der Waals surface area contributed by atoms with Gasteiger partial charge in [0.25, 0.3) is 0 Å². The molecule has 1 aromatic heterocycles. The zero-order chi connectivity index (χ0) is 13.4. The predicted molar refractivity (Wildman–Crippen MR) is 85.8 cm³/mol. The Labute approximate surface area is 133 Å². The maximum absolute atomic E-state index is 6.13. The molecule has 0 radical (unpaired) electrons. The van der Waals surface area contributed by atoms with Crippen LogP contribution in [0.3, 0.4) is 0 Å². The van der Waals surface area contributed by atoms with E-state index in [-0.39, 0.29) is 0 Å². The second-order valence-electron chi connectivity index (χ2n) is 4.54. The number of benzene rings is 1. The fourth-order valence-corrected chi connectivity index (χ4v) is 3.54. The molecule has 1 unspecified atom stereocenters. The minimum absolute atomic E-state index is 0.293. The second-order valence-corrected chi connectivity index (χ2v) is 6.66. The monoisotopic (exact) mass is 400 g/mol. The number of aromatic nitrogens is 1. The molecule has 0 spiro atoms. The molecular weight excluding hydrogens is 391 g/mol. The second kappa shape index (κ2) is 5.43. The van der Waals surface area contributed by atoms with Gasteiger partial charge in [-0.2, -0.15) is 0 Å². The first-order chi connectivity index (χ1) is 9.15. The third-order valence-corrected chi connectivity index (χ3v) is 4.83. The number of halogens is 3. The summed E-state index contributed by atoms with van der Waals surface area (Å²) >= 11 is 13.2. The molecule has 0 saturated carbocycles. The normalized spacial score (nSPS) is 17.3. The first-order valence-electron chi connectivity index (χ1n) is 6.00. The maximum Gasteiger partial charge on any atom is 0.152 e. The van der Waals surface area contributed by atoms with Gasteiger partial charge in [0, 0.05) is 15.1 Å². The van der Waals surface area contributed by atoms with Gasteiger partial charge in [-0.15, -0.1) is 0 Å². The van der Waals surface area contributed by atoms with Gasteiger partial charge in [-0.1, -0.05) is 39.7 Å². The van der Waals surface area contributed by atoms with E-state index < -0.39 is 0 Å². The summed E-state index contributed by atoms with van der Waals surface area (Å²) < 4.78 is 2.11. The molecule has 0 aliphatic heterocycles. The van der Waals surface area contributed by atoms with Crippen LogP contribution >= 0.6 is 43.5 Å². The maximum atomic E-state index is 6.13. The smallest absolute Gasteiger partial charge is 0.152 e. The molecule has 98 valence electrons. The summed E-state index contributed by atoms with van der Waals surface area (Å²) in [6.07, 6.45) is 3.85. The van der Waals surface area contributed by atoms with Gasteiger partial charge in [-0.3, -0.25) is 0 Å². The van der Waals surface area contributed by atoms with E-state index in [4.69, 9.17) is 11.6 Å². The number of anilines is 1. The van der Waals surface area contributed by atoms with Crippen LogP contribution in [-0.4, -0.2) is 4.98 Å². The van der Waals surface area contributed by atoms with E-state index >= 15 is 0 Å². The van der Waals surface area contributed by atoms with Gasteiger partial charge < -0.3 is 5.32 Å². The van der Waals surface area contributed by atoms with E-state index in [0.717, 1.165) is 23.0 Å². The van der Waals surface area contributed by atoms with Crippen LogP contribution in [-0.2, 0) is 6.42 Å². The van der Waals surface area contributed by atoms with Crippen molar-refractivity contribution in [2.24, 2.45) is 0 Å². The Bertz CT molecular complexity index is 631. The molecule has 0 bridgehead atoms. The van der Waals surface area contributed by atoms with Crippen molar-refractivity contribution in [1.82, 2.24) is 4.98 Å². The standard InChI is InChI=1S/C14H11Br2ClN2/c15-8-6-13(14(17)18-7-8)19-12-5-4-9-10(12)2-1-3-11(9)16/h1-3,6-7,12,19H,4-5H2. The minimum Gasteiger partial charge on any atom is -0.376 e. The van der Waals surface area contributed by atoms with Crippen molar-refractivity contribution < 1.29 is 0 Å². The minimum atomic E-state index is 0.293. The lowest BCUT2D eigenvalue weighted by atomic mass is 10.1. The summed E-state index contributed by atoms with van der Waals surface area (Å²) in [6, 6.07) is 8.59. The average Bonchev–Trinajstić information content (AvgIpc) is 2.79. The Hall–Kier alpha value is -0.580. The number of rotatable bonds is 2. The van der Waals surface area contributed by atoms with E-state index in [1.54, 1.807) is 6.20 Å². The van der Waals surface area contributed by atoms with Crippen LogP contribution in [0.15, 0.2) is 39.4 Å². The van der Waals surface area contributed by atoms with Gasteiger partial charge in [0.2, 0.25) is 0 Å². The summed E-state index contributed by atoms with van der Waals surface area (Å²) in [4.78, 5) is 4.14. The quantitative estimate of drug-likeness (QED) is 0.684. The highest BCUT2D eigenvalue weighted by molar-refractivity contribution is 9.10. The van der Waals surface area contributed by atoms with Gasteiger partial charge in [0.05, 0.1) is 11.7 Å². The third kappa shape index (κ3) is 2.67. The lowest BCUT2D eigenvalue weighted by Gasteiger charge is -2.16. The fourth-order valence-electron chi connectivity index (χ4n) is 2.47. The van der Waals surface area contributed by atoms with Crippen LogP contribution in [0.4, 0.5) is 5.69 Å². The summed E-state index contributed by atoms with van der Waals surface area (Å²) in [7, 11) is 0. The molecule has 5 heteroatoms. The fraction of sp³-hybridized carbons (Fsp3) is 0.214. The van der Waals surface area contributed by atoms with E-state index in [2.05, 4.69) is 60.4 Å². The van der Waals surface area contributed by atoms with Crippen LogP contribution in [0.2, 0.25) is 5.15 Å². The molecule has 0 fully saturated rings. The predicted octanol–water partition coefficient (Wildman–Crippen LogP) is 5.36. The zero-order valence-electron chi connectivity index (χ0n) is 9.96. The molecule has 0 saturated heterocycles. The highest BCUT2D eigenvalue weighted by Gasteiger charge is 2.24. The van der Waals surface area contributed by atoms with Crippen molar-refractivity contribution in [2.45, 2.75) is 18.9 Å². The topological polar surface area (TPSA) is 24.9 Å². The first-order valence-corrected chi connectivity index (χ1v) is 7.96. The first kappa shape index (κ1) is 13.4. The van der Waals surface area contributed by atoms with Crippen LogP contribution in [0.25, 0.3) is 0 Å². The van der Waals surface area contributed by atoms with Crippen molar-refractivity contribution >= 4 is 49.1 Å². The molecule has 2 aromatic rings. The Morgan fingerprint density at radius 2 is 2.16 bits per heavy atom. The van der Waals surface area contributed by atoms with Crippen molar-refractivity contribution in [2.75, 3.05) is 5.32 Å². The van der Waals surface area contributed by atoms with Gasteiger partial charge in [0.1, 0.15) is 0 Å². The SMILES string of the molecule is Clc1ncc(Br)cc1NC1CCc2c(Br)cccc21. The molecule has 1 aromatic carbocycles. The van der Waals surface area contributed by atoms with E-state index in [1.807, 2.05) is 6.07 Å². The largest absolute Gasteiger partial charge is 0.376 e. The molecule has 19 heavy (non-hydrogen) atoms. The number of hydrogen-bond donors (Lipinski definition) is 1. The number of nitrogens with zero attached hydrogens (tertiary/aromatic N) is 1. The van der Waals surface area contributed by atoms with E-state index in [0.29, 0.717) is 11.2 Å². The zero-order valence-corrected chi connectivity index (χ0v) is 13.9. The Balaban J connectivity index is 1.91. The summed E-state index contributed by atoms with van der Waals surface area (Å²) in [5, 5.41) is 3.99. The molecular formula is C14H11Br2ClN2. The Kier molecular flexibility index (Phi) is 3.83. The molecule has 2 nitrogen and oxygen atoms in total. The molecule has 1 atom stereocenters. The molecule has 1 N–H and O–H groups in total. The van der Waals surface area contributed by atoms with E-state index in [9.17, 15) is 0 Å². The summed E-state index contributed by atoms with van der Waals surface area (Å²) in [5.41, 5.74) is 3.60. The molecule has 3 rings (SSSR count). The molecule has 1 aliphatic carbocycles. The summed E-state index contributed by atoms with van der Waals surface area (Å²) in [5.74, 6) is 0. The van der Waals surface area contributed by atoms with E-state index in [1.165, 1.54) is 15.6 Å². The van der Waals surface area contributed by atoms with Crippen LogP contribution < -0.4 is 5.32 Å². The highest BCUT2D eigenvalue weighted by Crippen LogP contribution is 2.38. The van der Waals surface area contributed by atoms with Gasteiger partial charge in [-0.05, 0) is 52.0 Å². The van der Waals surface area contributed by atoms with Gasteiger partial charge >= 0.3 is 0 Å². The number of hydrogen-bond acceptors (Lipinski definition) is 2. The van der Waals surface area contributed by atoms with Gasteiger partial charge in [-0.25, -0.2) is 4.98 Å². The third-order valence-electron chi connectivity index (χ3n) is 3.35. The lowest BCUT2D eigenvalue weighted by molar-refractivity contribution is 0.761. The van der Waals surface area contributed by atoms with Crippen LogP contribution in [0.5, 0.6) is 0 Å². The average molecular weight is 403 g/mol. The van der Waals surface area contributed by atoms with Crippen LogP contribution in [0.1, 0.15) is 23.6 Å². The number of pyridine rings is 1. The highest BCUT2D eigenvalue weighted by atomic mass is 79.9. The molecule has 0 amide bonds. The number of nitrogens with one attached hydrogen (secondary N) is 1. The number of fused-ring (bicyclic) bond motifs is 1. The molecule has 1 aliphatic rings. The van der Waals surface area contributed by atoms with Crippen molar-refractivity contribution in [3.05, 3.63) is 55.7 Å². The van der Waals surface area contributed by atoms with Crippen molar-refractivity contribution in [3.63, 3.8) is 0 Å². The van der Waals surface area contributed by atoms with Gasteiger partial charge in [0.15, 0.2) is 5.15 Å².